The molecule has 1 aliphatic heterocycles. The zero-order valence-electron chi connectivity index (χ0n) is 13.7. The Labute approximate surface area is 135 Å². The highest BCUT2D eigenvalue weighted by molar-refractivity contribution is 5.83. The number of rotatable bonds is 4. The van der Waals surface area contributed by atoms with E-state index in [1.54, 1.807) is 11.8 Å². The first-order valence-corrected chi connectivity index (χ1v) is 7.72. The van der Waals surface area contributed by atoms with Crippen molar-refractivity contribution in [1.82, 2.24) is 5.32 Å². The zero-order chi connectivity index (χ0) is 17.2. The number of carbonyl (C=O) groups excluding carboxylic acids is 1. The zero-order valence-corrected chi connectivity index (χ0v) is 13.7. The van der Waals surface area contributed by atoms with Gasteiger partial charge in [0, 0.05) is 31.4 Å². The quantitative estimate of drug-likeness (QED) is 0.524. The smallest absolute Gasteiger partial charge is 0.327 e. The van der Waals surface area contributed by atoms with Crippen LogP contribution in [0.5, 0.6) is 0 Å². The number of benzene rings is 1. The molecule has 0 unspecified atom stereocenters. The van der Waals surface area contributed by atoms with E-state index in [1.807, 2.05) is 13.8 Å². The molecule has 0 aliphatic carbocycles. The van der Waals surface area contributed by atoms with Gasteiger partial charge in [0.2, 0.25) is 0 Å². The first kappa shape index (κ1) is 19.0. The lowest BCUT2D eigenvalue weighted by Crippen LogP contribution is -2.28. The molecule has 0 aromatic heterocycles. The van der Waals surface area contributed by atoms with Crippen molar-refractivity contribution in [2.45, 2.75) is 27.3 Å². The number of aliphatic imine (C=N–C) groups is 1. The van der Waals surface area contributed by atoms with Gasteiger partial charge in [-0.05, 0) is 18.6 Å². The van der Waals surface area contributed by atoms with Crippen molar-refractivity contribution < 1.29 is 18.3 Å². The predicted octanol–water partition coefficient (Wildman–Crippen LogP) is 2.49. The third-order valence-electron chi connectivity index (χ3n) is 3.02. The van der Waals surface area contributed by atoms with Gasteiger partial charge < -0.3 is 15.0 Å². The average molecular weight is 327 g/mol. The summed E-state index contributed by atoms with van der Waals surface area (Å²) in [6.07, 6.45) is 1.46. The molecule has 0 radical (unpaired) electrons. The van der Waals surface area contributed by atoms with Crippen LogP contribution in [0.4, 0.5) is 14.5 Å². The van der Waals surface area contributed by atoms with Crippen molar-refractivity contribution in [1.29, 1.82) is 0 Å². The van der Waals surface area contributed by atoms with E-state index in [-0.39, 0.29) is 6.54 Å². The maximum atomic E-state index is 13.4. The second kappa shape index (κ2) is 9.89. The second-order valence-electron chi connectivity index (χ2n) is 4.53. The molecule has 1 aliphatic rings. The number of ether oxygens (including phenoxy) is 1. The molecular formula is C16H23F2N3O2. The van der Waals surface area contributed by atoms with Crippen LogP contribution in [0.25, 0.3) is 0 Å². The predicted molar refractivity (Wildman–Crippen MR) is 86.8 cm³/mol. The van der Waals surface area contributed by atoms with Crippen molar-refractivity contribution in [3.05, 3.63) is 29.3 Å². The van der Waals surface area contributed by atoms with Crippen LogP contribution in [0, 0.1) is 11.6 Å². The highest BCUT2D eigenvalue weighted by Crippen LogP contribution is 2.24. The molecule has 0 bridgehead atoms. The van der Waals surface area contributed by atoms with Gasteiger partial charge in [-0.1, -0.05) is 13.8 Å². The molecule has 5 nitrogen and oxygen atoms in total. The largest absolute Gasteiger partial charge is 0.465 e. The highest BCUT2D eigenvalue weighted by atomic mass is 19.2. The SMILES string of the molecule is CC.CCOC(=O)CN=CN1CCNCc2cc(F)c(F)cc21. The van der Waals surface area contributed by atoms with Crippen molar-refractivity contribution in [3.8, 4) is 0 Å². The molecule has 0 saturated carbocycles. The van der Waals surface area contributed by atoms with Gasteiger partial charge in [-0.3, -0.25) is 9.79 Å². The standard InChI is InChI=1S/C14H17F2N3O2.C2H6/c1-2-21-14(20)8-18-9-19-4-3-17-7-10-5-11(15)12(16)6-13(10)19;1-2/h5-6,9,17H,2-4,7-8H2,1H3;1-2H3. The lowest BCUT2D eigenvalue weighted by Gasteiger charge is -2.19. The Bertz CT molecular complexity index is 550. The second-order valence-corrected chi connectivity index (χ2v) is 4.53. The summed E-state index contributed by atoms with van der Waals surface area (Å²) >= 11 is 0. The van der Waals surface area contributed by atoms with Gasteiger partial charge in [-0.15, -0.1) is 0 Å². The Morgan fingerprint density at radius 1 is 1.39 bits per heavy atom. The summed E-state index contributed by atoms with van der Waals surface area (Å²) in [4.78, 5) is 16.9. The summed E-state index contributed by atoms with van der Waals surface area (Å²) in [6, 6.07) is 2.32. The fourth-order valence-electron chi connectivity index (χ4n) is 2.07. The van der Waals surface area contributed by atoms with Crippen LogP contribution < -0.4 is 10.2 Å². The van der Waals surface area contributed by atoms with Crippen molar-refractivity contribution >= 4 is 18.0 Å². The van der Waals surface area contributed by atoms with Gasteiger partial charge in [-0.25, -0.2) is 8.78 Å². The molecule has 23 heavy (non-hydrogen) atoms. The molecule has 0 atom stereocenters. The number of hydrogen-bond donors (Lipinski definition) is 1. The number of esters is 1. The van der Waals surface area contributed by atoms with Gasteiger partial charge in [0.25, 0.3) is 0 Å². The van der Waals surface area contributed by atoms with Gasteiger partial charge in [-0.2, -0.15) is 0 Å². The molecule has 0 amide bonds. The number of nitrogens with zero attached hydrogens (tertiary/aromatic N) is 2. The molecule has 1 heterocycles. The molecule has 1 aromatic rings. The van der Waals surface area contributed by atoms with E-state index >= 15 is 0 Å². The number of nitrogens with one attached hydrogen (secondary N) is 1. The molecule has 1 N–H and O–H groups in total. The van der Waals surface area contributed by atoms with E-state index in [9.17, 15) is 13.6 Å². The van der Waals surface area contributed by atoms with Crippen LogP contribution in [0.15, 0.2) is 17.1 Å². The Kier molecular flexibility index (Phi) is 8.18. The normalized spacial score (nSPS) is 13.9. The lowest BCUT2D eigenvalue weighted by atomic mass is 10.1. The summed E-state index contributed by atoms with van der Waals surface area (Å²) in [7, 11) is 0. The Morgan fingerprint density at radius 3 is 2.78 bits per heavy atom. The average Bonchev–Trinajstić information content (AvgIpc) is 2.73. The molecule has 2 rings (SSSR count). The van der Waals surface area contributed by atoms with Crippen LogP contribution in [0.3, 0.4) is 0 Å². The van der Waals surface area contributed by atoms with E-state index in [0.29, 0.717) is 37.5 Å². The van der Waals surface area contributed by atoms with Crippen molar-refractivity contribution in [2.75, 3.05) is 31.1 Å². The van der Waals surface area contributed by atoms with Gasteiger partial charge >= 0.3 is 5.97 Å². The number of carbonyl (C=O) groups is 1. The Hall–Kier alpha value is -2.02. The minimum Gasteiger partial charge on any atom is -0.465 e. The minimum absolute atomic E-state index is 0.100. The van der Waals surface area contributed by atoms with Gasteiger partial charge in [0.05, 0.1) is 12.9 Å². The maximum Gasteiger partial charge on any atom is 0.327 e. The molecular weight excluding hydrogens is 304 g/mol. The third-order valence-corrected chi connectivity index (χ3v) is 3.02. The van der Waals surface area contributed by atoms with Crippen molar-refractivity contribution in [2.24, 2.45) is 4.99 Å². The lowest BCUT2D eigenvalue weighted by molar-refractivity contribution is -0.141. The number of hydrogen-bond acceptors (Lipinski definition) is 4. The minimum atomic E-state index is -0.903. The van der Waals surface area contributed by atoms with Crippen LogP contribution >= 0.6 is 0 Å². The van der Waals surface area contributed by atoms with Crippen LogP contribution in [0.2, 0.25) is 0 Å². The first-order chi connectivity index (χ1) is 11.1. The summed E-state index contributed by atoms with van der Waals surface area (Å²) in [6.45, 7) is 7.56. The Balaban J connectivity index is 0.00000127. The summed E-state index contributed by atoms with van der Waals surface area (Å²) in [5, 5.41) is 3.12. The van der Waals surface area contributed by atoms with Crippen LogP contribution in [0.1, 0.15) is 26.3 Å². The van der Waals surface area contributed by atoms with E-state index < -0.39 is 17.6 Å². The molecule has 0 spiro atoms. The van der Waals surface area contributed by atoms with Crippen molar-refractivity contribution in [3.63, 3.8) is 0 Å². The van der Waals surface area contributed by atoms with E-state index in [4.69, 9.17) is 4.74 Å². The van der Waals surface area contributed by atoms with E-state index in [2.05, 4.69) is 10.3 Å². The molecule has 1 aromatic carbocycles. The van der Waals surface area contributed by atoms with Gasteiger partial charge in [0.15, 0.2) is 11.6 Å². The summed E-state index contributed by atoms with van der Waals surface area (Å²) in [5.74, 6) is -2.20. The fourth-order valence-corrected chi connectivity index (χ4v) is 2.07. The Morgan fingerprint density at radius 2 is 2.09 bits per heavy atom. The maximum absolute atomic E-state index is 13.4. The number of anilines is 1. The summed E-state index contributed by atoms with van der Waals surface area (Å²) in [5.41, 5.74) is 1.19. The number of halogens is 2. The topological polar surface area (TPSA) is 53.9 Å². The van der Waals surface area contributed by atoms with E-state index in [1.165, 1.54) is 12.4 Å². The monoisotopic (exact) mass is 327 g/mol. The fraction of sp³-hybridized carbons (Fsp3) is 0.500. The molecule has 128 valence electrons. The number of fused-ring (bicyclic) bond motifs is 1. The molecule has 0 fully saturated rings. The van der Waals surface area contributed by atoms with Crippen LogP contribution in [-0.2, 0) is 16.1 Å². The van der Waals surface area contributed by atoms with Crippen LogP contribution in [-0.4, -0.2) is 38.5 Å². The third kappa shape index (κ3) is 5.59. The highest BCUT2D eigenvalue weighted by Gasteiger charge is 2.17. The van der Waals surface area contributed by atoms with Gasteiger partial charge in [0.1, 0.15) is 6.54 Å². The first-order valence-electron chi connectivity index (χ1n) is 7.72. The summed E-state index contributed by atoms with van der Waals surface area (Å²) < 4.78 is 31.5. The molecule has 0 saturated heterocycles. The molecule has 7 heteroatoms. The van der Waals surface area contributed by atoms with E-state index in [0.717, 1.165) is 6.07 Å².